The van der Waals surface area contributed by atoms with E-state index in [0.29, 0.717) is 21.6 Å². The van der Waals surface area contributed by atoms with Gasteiger partial charge in [-0.3, -0.25) is 4.79 Å². The molecular weight excluding hydrogens is 356 g/mol. The number of halogens is 2. The van der Waals surface area contributed by atoms with Crippen molar-refractivity contribution in [1.29, 1.82) is 0 Å². The largest absolute Gasteiger partial charge is 0.508 e. The van der Waals surface area contributed by atoms with E-state index in [2.05, 4.69) is 21.2 Å². The molecule has 0 spiro atoms. The third-order valence-corrected chi connectivity index (χ3v) is 4.13. The third-order valence-electron chi connectivity index (χ3n) is 2.92. The molecule has 4 nitrogen and oxygen atoms in total. The van der Waals surface area contributed by atoms with Crippen LogP contribution in [-0.2, 0) is 11.2 Å². The van der Waals surface area contributed by atoms with Gasteiger partial charge in [0.05, 0.1) is 11.1 Å². The number of benzene rings is 2. The summed E-state index contributed by atoms with van der Waals surface area (Å²) in [6.45, 7) is 0. The maximum Gasteiger partial charge on any atom is 0.241 e. The fraction of sp³-hybridized carbons (Fsp3) is 0.133. The lowest BCUT2D eigenvalue weighted by Crippen LogP contribution is -2.37. The molecule has 0 radical (unpaired) electrons. The Bertz CT molecular complexity index is 647. The molecule has 0 saturated heterocycles. The van der Waals surface area contributed by atoms with Crippen molar-refractivity contribution >= 4 is 39.1 Å². The van der Waals surface area contributed by atoms with E-state index in [4.69, 9.17) is 17.3 Å². The summed E-state index contributed by atoms with van der Waals surface area (Å²) < 4.78 is 0.703. The molecule has 6 heteroatoms. The Labute approximate surface area is 136 Å². The summed E-state index contributed by atoms with van der Waals surface area (Å²) in [5, 5.41) is 12.5. The molecule has 0 aromatic heterocycles. The van der Waals surface area contributed by atoms with Gasteiger partial charge in [0.25, 0.3) is 0 Å². The van der Waals surface area contributed by atoms with Gasteiger partial charge in [0.15, 0.2) is 0 Å². The highest BCUT2D eigenvalue weighted by Gasteiger charge is 2.14. The van der Waals surface area contributed by atoms with Crippen molar-refractivity contribution in [3.63, 3.8) is 0 Å². The molecule has 110 valence electrons. The van der Waals surface area contributed by atoms with Gasteiger partial charge >= 0.3 is 0 Å². The molecule has 0 fully saturated rings. The van der Waals surface area contributed by atoms with Crippen LogP contribution in [0.5, 0.6) is 5.75 Å². The molecule has 0 aliphatic heterocycles. The van der Waals surface area contributed by atoms with Gasteiger partial charge in [-0.25, -0.2) is 0 Å². The average Bonchev–Trinajstić information content (AvgIpc) is 2.45. The van der Waals surface area contributed by atoms with Crippen LogP contribution in [0.15, 0.2) is 46.9 Å². The molecule has 4 N–H and O–H groups in total. The number of nitrogens with two attached hydrogens (primary N) is 1. The number of phenolic OH excluding ortho intramolecular Hbond substituents is 1. The number of amides is 1. The summed E-state index contributed by atoms with van der Waals surface area (Å²) in [4.78, 5) is 12.0. The van der Waals surface area contributed by atoms with Crippen molar-refractivity contribution < 1.29 is 9.90 Å². The smallest absolute Gasteiger partial charge is 0.241 e. The molecular formula is C15H14BrClN2O2. The van der Waals surface area contributed by atoms with Crippen molar-refractivity contribution in [3.05, 3.63) is 57.5 Å². The van der Waals surface area contributed by atoms with Crippen LogP contribution in [-0.4, -0.2) is 17.1 Å². The number of phenols is 1. The lowest BCUT2D eigenvalue weighted by Gasteiger charge is -2.13. The van der Waals surface area contributed by atoms with Crippen LogP contribution < -0.4 is 11.1 Å². The van der Waals surface area contributed by atoms with Crippen molar-refractivity contribution in [3.8, 4) is 5.75 Å². The van der Waals surface area contributed by atoms with E-state index >= 15 is 0 Å². The predicted octanol–water partition coefficient (Wildman–Crippen LogP) is 3.32. The summed E-state index contributed by atoms with van der Waals surface area (Å²) >= 11 is 9.19. The Balaban J connectivity index is 1.98. The number of rotatable bonds is 4. The highest BCUT2D eigenvalue weighted by molar-refractivity contribution is 9.10. The predicted molar refractivity (Wildman–Crippen MR) is 87.6 cm³/mol. The van der Waals surface area contributed by atoms with Crippen LogP contribution in [0, 0.1) is 0 Å². The SMILES string of the molecule is N[C@@H](Cc1ccc(O)cc1)C(=O)Nc1ccc(Cl)c(Br)c1. The summed E-state index contributed by atoms with van der Waals surface area (Å²) in [7, 11) is 0. The standard InChI is InChI=1S/C15H14BrClN2O2/c16-12-8-10(3-6-13(12)17)19-15(21)14(18)7-9-1-4-11(20)5-2-9/h1-6,8,14,20H,7,18H2,(H,19,21)/t14-/m0/s1. The number of carbonyl (C=O) groups is 1. The van der Waals surface area contributed by atoms with E-state index in [1.165, 1.54) is 0 Å². The number of carbonyl (C=O) groups excluding carboxylic acids is 1. The van der Waals surface area contributed by atoms with E-state index in [1.54, 1.807) is 42.5 Å². The fourth-order valence-corrected chi connectivity index (χ4v) is 2.28. The monoisotopic (exact) mass is 368 g/mol. The molecule has 21 heavy (non-hydrogen) atoms. The molecule has 2 aromatic carbocycles. The first kappa shape index (κ1) is 15.8. The van der Waals surface area contributed by atoms with Crippen molar-refractivity contribution in [2.24, 2.45) is 5.73 Å². The number of hydrogen-bond donors (Lipinski definition) is 3. The Morgan fingerprint density at radius 3 is 2.57 bits per heavy atom. The van der Waals surface area contributed by atoms with Gasteiger partial charge in [0.2, 0.25) is 5.91 Å². The highest BCUT2D eigenvalue weighted by atomic mass is 79.9. The average molecular weight is 370 g/mol. The Hall–Kier alpha value is -1.56. The molecule has 1 atom stereocenters. The molecule has 2 rings (SSSR count). The van der Waals surface area contributed by atoms with Crippen molar-refractivity contribution in [2.45, 2.75) is 12.5 Å². The minimum Gasteiger partial charge on any atom is -0.508 e. The van der Waals surface area contributed by atoms with Gasteiger partial charge in [-0.2, -0.15) is 0 Å². The second-order valence-corrected chi connectivity index (χ2v) is 5.86. The topological polar surface area (TPSA) is 75.3 Å². The van der Waals surface area contributed by atoms with Crippen LogP contribution >= 0.6 is 27.5 Å². The first-order valence-corrected chi connectivity index (χ1v) is 7.42. The lowest BCUT2D eigenvalue weighted by atomic mass is 10.1. The summed E-state index contributed by atoms with van der Waals surface area (Å²) in [5.74, 6) is -0.0971. The van der Waals surface area contributed by atoms with E-state index in [1.807, 2.05) is 0 Å². The number of aromatic hydroxyl groups is 1. The number of nitrogens with one attached hydrogen (secondary N) is 1. The van der Waals surface area contributed by atoms with Gasteiger partial charge in [0, 0.05) is 10.2 Å². The summed E-state index contributed by atoms with van der Waals surface area (Å²) in [5.41, 5.74) is 7.40. The second kappa shape index (κ2) is 6.93. The minimum atomic E-state index is -0.677. The van der Waals surface area contributed by atoms with Crippen molar-refractivity contribution in [2.75, 3.05) is 5.32 Å². The van der Waals surface area contributed by atoms with Gasteiger partial charge in [-0.05, 0) is 58.2 Å². The molecule has 0 aliphatic rings. The van der Waals surface area contributed by atoms with Crippen LogP contribution in [0.4, 0.5) is 5.69 Å². The first-order valence-electron chi connectivity index (χ1n) is 6.25. The quantitative estimate of drug-likeness (QED) is 0.774. The van der Waals surface area contributed by atoms with Crippen molar-refractivity contribution in [1.82, 2.24) is 0 Å². The molecule has 0 bridgehead atoms. The van der Waals surface area contributed by atoms with Crippen LogP contribution in [0.2, 0.25) is 5.02 Å². The molecule has 0 aliphatic carbocycles. The zero-order valence-corrected chi connectivity index (χ0v) is 13.4. The molecule has 0 heterocycles. The molecule has 2 aromatic rings. The van der Waals surface area contributed by atoms with Gasteiger partial charge in [-0.15, -0.1) is 0 Å². The van der Waals surface area contributed by atoms with E-state index in [9.17, 15) is 9.90 Å². The van der Waals surface area contributed by atoms with Gasteiger partial charge < -0.3 is 16.2 Å². The van der Waals surface area contributed by atoms with Crippen LogP contribution in [0.3, 0.4) is 0 Å². The molecule has 0 unspecified atom stereocenters. The van der Waals surface area contributed by atoms with E-state index in [-0.39, 0.29) is 11.7 Å². The first-order chi connectivity index (χ1) is 9.95. The van der Waals surface area contributed by atoms with Crippen LogP contribution in [0.1, 0.15) is 5.56 Å². The third kappa shape index (κ3) is 4.46. The maximum absolute atomic E-state index is 12.0. The molecule has 0 saturated carbocycles. The normalized spacial score (nSPS) is 12.0. The van der Waals surface area contributed by atoms with Gasteiger partial charge in [-0.1, -0.05) is 23.7 Å². The highest BCUT2D eigenvalue weighted by Crippen LogP contribution is 2.25. The molecule has 1 amide bonds. The number of hydrogen-bond acceptors (Lipinski definition) is 3. The van der Waals surface area contributed by atoms with E-state index in [0.717, 1.165) is 5.56 Å². The lowest BCUT2D eigenvalue weighted by molar-refractivity contribution is -0.117. The second-order valence-electron chi connectivity index (χ2n) is 4.60. The van der Waals surface area contributed by atoms with E-state index < -0.39 is 6.04 Å². The summed E-state index contributed by atoms with van der Waals surface area (Å²) in [6.07, 6.45) is 0.390. The Kier molecular flexibility index (Phi) is 5.22. The zero-order valence-electron chi connectivity index (χ0n) is 11.0. The minimum absolute atomic E-state index is 0.183. The van der Waals surface area contributed by atoms with Crippen LogP contribution in [0.25, 0.3) is 0 Å². The Morgan fingerprint density at radius 1 is 1.29 bits per heavy atom. The fourth-order valence-electron chi connectivity index (χ4n) is 1.79. The van der Waals surface area contributed by atoms with Gasteiger partial charge in [0.1, 0.15) is 5.75 Å². The summed E-state index contributed by atoms with van der Waals surface area (Å²) in [6, 6.07) is 11.0. The zero-order chi connectivity index (χ0) is 15.4. The number of anilines is 1. The maximum atomic E-state index is 12.0. The Morgan fingerprint density at radius 2 is 1.95 bits per heavy atom.